The van der Waals surface area contributed by atoms with Crippen LogP contribution < -0.4 is 4.74 Å². The molecular weight excluding hydrogens is 262 g/mol. The minimum atomic E-state index is 0.199. The van der Waals surface area contributed by atoms with E-state index < -0.39 is 0 Å². The average Bonchev–Trinajstić information content (AvgIpc) is 2.51. The second-order valence-corrected chi connectivity index (χ2v) is 5.36. The van der Waals surface area contributed by atoms with Crippen molar-refractivity contribution < 1.29 is 9.53 Å². The van der Waals surface area contributed by atoms with Crippen molar-refractivity contribution in [1.29, 1.82) is 0 Å². The normalized spacial score (nSPS) is 10.9. The van der Waals surface area contributed by atoms with Gasteiger partial charge in [0, 0.05) is 5.56 Å². The van der Waals surface area contributed by atoms with Crippen LogP contribution in [0.4, 0.5) is 0 Å². The van der Waals surface area contributed by atoms with Crippen LogP contribution in [0.1, 0.15) is 56.8 Å². The second-order valence-electron chi connectivity index (χ2n) is 5.36. The first-order chi connectivity index (χ1) is 10.2. The summed E-state index contributed by atoms with van der Waals surface area (Å²) in [6.07, 6.45) is 4.64. The maximum Gasteiger partial charge on any atom is 0.176 e. The summed E-state index contributed by atoms with van der Waals surface area (Å²) in [7, 11) is 0. The Morgan fingerprint density at radius 2 is 1.57 bits per heavy atom. The lowest BCUT2D eigenvalue weighted by molar-refractivity contribution is 0.0928. The predicted molar refractivity (Wildman–Crippen MR) is 88.2 cm³/mol. The number of ketones is 1. The van der Waals surface area contributed by atoms with E-state index in [9.17, 15) is 4.79 Å². The minimum absolute atomic E-state index is 0.199. The Balaban J connectivity index is 2.58. The van der Waals surface area contributed by atoms with Gasteiger partial charge in [0.15, 0.2) is 5.78 Å². The molecule has 0 spiro atoms. The van der Waals surface area contributed by atoms with E-state index in [0.29, 0.717) is 13.2 Å². The molecule has 1 aromatic carbocycles. The zero-order valence-electron chi connectivity index (χ0n) is 13.7. The molecule has 3 heteroatoms. The van der Waals surface area contributed by atoms with Crippen LogP contribution >= 0.6 is 0 Å². The molecule has 0 aliphatic rings. The lowest BCUT2D eigenvalue weighted by atomic mass is 10.1. The monoisotopic (exact) mass is 291 g/mol. The van der Waals surface area contributed by atoms with E-state index in [4.69, 9.17) is 4.74 Å². The molecule has 0 amide bonds. The van der Waals surface area contributed by atoms with Gasteiger partial charge in [-0.25, -0.2) is 0 Å². The van der Waals surface area contributed by atoms with Gasteiger partial charge in [0.05, 0.1) is 13.2 Å². The number of carbonyl (C=O) groups excluding carboxylic acids is 1. The van der Waals surface area contributed by atoms with Crippen molar-refractivity contribution in [3.8, 4) is 5.75 Å². The largest absolute Gasteiger partial charge is 0.494 e. The van der Waals surface area contributed by atoms with E-state index in [1.807, 2.05) is 31.2 Å². The molecule has 0 fully saturated rings. The maximum atomic E-state index is 12.4. The van der Waals surface area contributed by atoms with Crippen LogP contribution in [0.15, 0.2) is 24.3 Å². The molecule has 0 bridgehead atoms. The van der Waals surface area contributed by atoms with Gasteiger partial charge in [0.25, 0.3) is 0 Å². The molecule has 0 aliphatic heterocycles. The molecule has 0 saturated carbocycles. The van der Waals surface area contributed by atoms with Crippen molar-refractivity contribution in [2.24, 2.45) is 0 Å². The Morgan fingerprint density at radius 3 is 2.05 bits per heavy atom. The third kappa shape index (κ3) is 6.76. The SMILES string of the molecule is CCCCN(CCCC)CC(=O)c1ccc(OCC)cc1. The number of hydrogen-bond donors (Lipinski definition) is 0. The molecule has 0 radical (unpaired) electrons. The van der Waals surface area contributed by atoms with Gasteiger partial charge in [0.1, 0.15) is 5.75 Å². The molecular formula is C18H29NO2. The van der Waals surface area contributed by atoms with Gasteiger partial charge in [-0.2, -0.15) is 0 Å². The fourth-order valence-corrected chi connectivity index (χ4v) is 2.23. The lowest BCUT2D eigenvalue weighted by Crippen LogP contribution is -2.31. The van der Waals surface area contributed by atoms with Crippen LogP contribution in [0.3, 0.4) is 0 Å². The quantitative estimate of drug-likeness (QED) is 0.573. The van der Waals surface area contributed by atoms with E-state index >= 15 is 0 Å². The highest BCUT2D eigenvalue weighted by atomic mass is 16.5. The van der Waals surface area contributed by atoms with Gasteiger partial charge < -0.3 is 4.74 Å². The van der Waals surface area contributed by atoms with Crippen LogP contribution in [0.25, 0.3) is 0 Å². The number of rotatable bonds is 11. The summed E-state index contributed by atoms with van der Waals surface area (Å²) >= 11 is 0. The molecule has 0 unspecified atom stereocenters. The fraction of sp³-hybridized carbons (Fsp3) is 0.611. The van der Waals surface area contributed by atoms with Crippen molar-refractivity contribution >= 4 is 5.78 Å². The van der Waals surface area contributed by atoms with Crippen molar-refractivity contribution in [2.45, 2.75) is 46.5 Å². The van der Waals surface area contributed by atoms with Gasteiger partial charge in [0.2, 0.25) is 0 Å². The third-order valence-electron chi connectivity index (χ3n) is 3.51. The van der Waals surface area contributed by atoms with Crippen molar-refractivity contribution in [3.05, 3.63) is 29.8 Å². The minimum Gasteiger partial charge on any atom is -0.494 e. The first-order valence-electron chi connectivity index (χ1n) is 8.19. The molecule has 0 saturated heterocycles. The number of Topliss-reactive ketones (excluding diaryl/α,β-unsaturated/α-hetero) is 1. The molecule has 0 heterocycles. The van der Waals surface area contributed by atoms with E-state index in [1.54, 1.807) is 0 Å². The van der Waals surface area contributed by atoms with Gasteiger partial charge in [-0.1, -0.05) is 26.7 Å². The number of carbonyl (C=O) groups is 1. The summed E-state index contributed by atoms with van der Waals surface area (Å²) in [5, 5.41) is 0. The zero-order chi connectivity index (χ0) is 15.5. The van der Waals surface area contributed by atoms with Crippen LogP contribution in [0.2, 0.25) is 0 Å². The predicted octanol–water partition coefficient (Wildman–Crippen LogP) is 4.17. The first kappa shape index (κ1) is 17.7. The zero-order valence-corrected chi connectivity index (χ0v) is 13.7. The molecule has 0 N–H and O–H groups in total. The second kappa shape index (κ2) is 10.4. The number of nitrogens with zero attached hydrogens (tertiary/aromatic N) is 1. The van der Waals surface area contributed by atoms with Crippen LogP contribution in [0.5, 0.6) is 5.75 Å². The highest BCUT2D eigenvalue weighted by Gasteiger charge is 2.12. The first-order valence-corrected chi connectivity index (χ1v) is 8.19. The Labute approximate surface area is 129 Å². The fourth-order valence-electron chi connectivity index (χ4n) is 2.23. The van der Waals surface area contributed by atoms with Gasteiger partial charge in [-0.05, 0) is 57.1 Å². The summed E-state index contributed by atoms with van der Waals surface area (Å²) in [5.41, 5.74) is 0.774. The maximum absolute atomic E-state index is 12.4. The number of hydrogen-bond acceptors (Lipinski definition) is 3. The Morgan fingerprint density at radius 1 is 1.00 bits per heavy atom. The van der Waals surface area contributed by atoms with E-state index in [1.165, 1.54) is 12.8 Å². The summed E-state index contributed by atoms with van der Waals surface area (Å²) in [6.45, 7) is 9.53. The van der Waals surface area contributed by atoms with Crippen molar-refractivity contribution in [3.63, 3.8) is 0 Å². The smallest absolute Gasteiger partial charge is 0.176 e. The average molecular weight is 291 g/mol. The molecule has 3 nitrogen and oxygen atoms in total. The molecule has 118 valence electrons. The number of unbranched alkanes of at least 4 members (excludes halogenated alkanes) is 2. The van der Waals surface area contributed by atoms with Crippen LogP contribution in [-0.4, -0.2) is 36.9 Å². The van der Waals surface area contributed by atoms with E-state index in [2.05, 4.69) is 18.7 Å². The highest BCUT2D eigenvalue weighted by molar-refractivity contribution is 5.97. The number of ether oxygens (including phenoxy) is 1. The summed E-state index contributed by atoms with van der Waals surface area (Å²) in [5.74, 6) is 1.02. The van der Waals surface area contributed by atoms with E-state index in [0.717, 1.165) is 37.2 Å². The third-order valence-corrected chi connectivity index (χ3v) is 3.51. The summed E-state index contributed by atoms with van der Waals surface area (Å²) < 4.78 is 5.41. The molecule has 1 aromatic rings. The van der Waals surface area contributed by atoms with Crippen LogP contribution in [0, 0.1) is 0 Å². The van der Waals surface area contributed by atoms with E-state index in [-0.39, 0.29) is 5.78 Å². The lowest BCUT2D eigenvalue weighted by Gasteiger charge is -2.21. The summed E-state index contributed by atoms with van der Waals surface area (Å²) in [4.78, 5) is 14.7. The number of benzene rings is 1. The van der Waals surface area contributed by atoms with Crippen molar-refractivity contribution in [2.75, 3.05) is 26.2 Å². The van der Waals surface area contributed by atoms with Gasteiger partial charge >= 0.3 is 0 Å². The topological polar surface area (TPSA) is 29.5 Å². The molecule has 1 rings (SSSR count). The Kier molecular flexibility index (Phi) is 8.76. The highest BCUT2D eigenvalue weighted by Crippen LogP contribution is 2.13. The van der Waals surface area contributed by atoms with Crippen molar-refractivity contribution in [1.82, 2.24) is 4.90 Å². The Bertz CT molecular complexity index is 392. The molecule has 0 aliphatic carbocycles. The molecule has 0 aromatic heterocycles. The summed E-state index contributed by atoms with van der Waals surface area (Å²) in [6, 6.07) is 7.48. The van der Waals surface area contributed by atoms with Crippen LogP contribution in [-0.2, 0) is 0 Å². The van der Waals surface area contributed by atoms with Gasteiger partial charge in [-0.15, -0.1) is 0 Å². The standard InChI is InChI=1S/C18H29NO2/c1-4-7-13-19(14-8-5-2)15-18(20)16-9-11-17(12-10-16)21-6-3/h9-12H,4-8,13-15H2,1-3H3. The molecule has 0 atom stereocenters. The molecule has 21 heavy (non-hydrogen) atoms. The van der Waals surface area contributed by atoms with Gasteiger partial charge in [-0.3, -0.25) is 9.69 Å². The Hall–Kier alpha value is -1.35.